The van der Waals surface area contributed by atoms with Crippen molar-refractivity contribution in [3.8, 4) is 17.1 Å². The van der Waals surface area contributed by atoms with E-state index in [4.69, 9.17) is 33.8 Å². The smallest absolute Gasteiger partial charge is 0.210 e. The molecule has 0 fully saturated rings. The molecular formula is C18H18Cl2N4OS. The Morgan fingerprint density at radius 3 is 2.50 bits per heavy atom. The Morgan fingerprint density at radius 1 is 1.12 bits per heavy atom. The largest absolute Gasteiger partial charge is 0.491 e. The summed E-state index contributed by atoms with van der Waals surface area (Å²) in [4.78, 5) is 0. The van der Waals surface area contributed by atoms with Crippen molar-refractivity contribution in [3.05, 3.63) is 58.1 Å². The second-order valence-electron chi connectivity index (χ2n) is 5.86. The molecule has 1 heterocycles. The van der Waals surface area contributed by atoms with E-state index >= 15 is 0 Å². The third-order valence-corrected chi connectivity index (χ3v) is 5.21. The number of ether oxygens (including phenoxy) is 1. The predicted molar refractivity (Wildman–Crippen MR) is 107 cm³/mol. The SMILES string of the molecule is CC(C)Oc1cccc(-c2nnc(SCc3c(Cl)cccc3Cl)n2N)c1. The summed E-state index contributed by atoms with van der Waals surface area (Å²) in [5.74, 6) is 8.06. The van der Waals surface area contributed by atoms with E-state index in [2.05, 4.69) is 10.2 Å². The average molecular weight is 409 g/mol. The lowest BCUT2D eigenvalue weighted by Gasteiger charge is -2.10. The zero-order valence-corrected chi connectivity index (χ0v) is 16.6. The average Bonchev–Trinajstić information content (AvgIpc) is 2.95. The topological polar surface area (TPSA) is 66.0 Å². The van der Waals surface area contributed by atoms with Crippen LogP contribution in [0.2, 0.25) is 10.0 Å². The van der Waals surface area contributed by atoms with E-state index in [9.17, 15) is 0 Å². The number of thioether (sulfide) groups is 1. The molecule has 0 atom stereocenters. The van der Waals surface area contributed by atoms with Crippen molar-refractivity contribution in [2.75, 3.05) is 5.84 Å². The van der Waals surface area contributed by atoms with Gasteiger partial charge in [-0.3, -0.25) is 0 Å². The van der Waals surface area contributed by atoms with Crippen LogP contribution in [0.4, 0.5) is 0 Å². The molecular weight excluding hydrogens is 391 g/mol. The molecule has 3 rings (SSSR count). The van der Waals surface area contributed by atoms with Gasteiger partial charge >= 0.3 is 0 Å². The van der Waals surface area contributed by atoms with Gasteiger partial charge in [0.1, 0.15) is 5.75 Å². The van der Waals surface area contributed by atoms with Crippen molar-refractivity contribution >= 4 is 35.0 Å². The lowest BCUT2D eigenvalue weighted by Crippen LogP contribution is -2.12. The quantitative estimate of drug-likeness (QED) is 0.456. The Bertz CT molecular complexity index is 894. The van der Waals surface area contributed by atoms with Gasteiger partial charge in [-0.2, -0.15) is 0 Å². The van der Waals surface area contributed by atoms with E-state index in [0.29, 0.717) is 26.8 Å². The number of hydrogen-bond donors (Lipinski definition) is 1. The van der Waals surface area contributed by atoms with Crippen LogP contribution < -0.4 is 10.6 Å². The first-order valence-electron chi connectivity index (χ1n) is 7.99. The fourth-order valence-electron chi connectivity index (χ4n) is 2.36. The van der Waals surface area contributed by atoms with Crippen LogP contribution in [0.5, 0.6) is 5.75 Å². The number of benzene rings is 2. The Kier molecular flexibility index (Phi) is 5.96. The molecule has 136 valence electrons. The van der Waals surface area contributed by atoms with Crippen LogP contribution in [0.25, 0.3) is 11.4 Å². The van der Waals surface area contributed by atoms with E-state index in [0.717, 1.165) is 16.9 Å². The molecule has 0 radical (unpaired) electrons. The molecule has 8 heteroatoms. The Morgan fingerprint density at radius 2 is 1.81 bits per heavy atom. The molecule has 2 aromatic carbocycles. The zero-order chi connectivity index (χ0) is 18.7. The first-order valence-corrected chi connectivity index (χ1v) is 9.73. The molecule has 3 aromatic rings. The third-order valence-electron chi connectivity index (χ3n) is 3.54. The van der Waals surface area contributed by atoms with Crippen LogP contribution in [-0.2, 0) is 5.75 Å². The van der Waals surface area contributed by atoms with Crippen LogP contribution in [0.15, 0.2) is 47.6 Å². The lowest BCUT2D eigenvalue weighted by molar-refractivity contribution is 0.242. The maximum absolute atomic E-state index is 6.21. The molecule has 0 spiro atoms. The van der Waals surface area contributed by atoms with Crippen molar-refractivity contribution in [2.24, 2.45) is 0 Å². The van der Waals surface area contributed by atoms with Gasteiger partial charge in [0.2, 0.25) is 5.16 Å². The normalized spacial score (nSPS) is 11.1. The van der Waals surface area contributed by atoms with Crippen LogP contribution >= 0.6 is 35.0 Å². The molecule has 0 aliphatic heterocycles. The first kappa shape index (κ1) is 18.9. The predicted octanol–water partition coefficient (Wildman–Crippen LogP) is 5.05. The van der Waals surface area contributed by atoms with Crippen LogP contribution in [-0.4, -0.2) is 21.0 Å². The summed E-state index contributed by atoms with van der Waals surface area (Å²) in [6.07, 6.45) is 0.0903. The van der Waals surface area contributed by atoms with E-state index < -0.39 is 0 Å². The van der Waals surface area contributed by atoms with Gasteiger partial charge in [0.05, 0.1) is 6.10 Å². The van der Waals surface area contributed by atoms with E-state index in [-0.39, 0.29) is 6.10 Å². The number of aromatic nitrogens is 3. The van der Waals surface area contributed by atoms with Gasteiger partial charge in [-0.15, -0.1) is 10.2 Å². The van der Waals surface area contributed by atoms with E-state index in [1.807, 2.05) is 56.3 Å². The summed E-state index contributed by atoms with van der Waals surface area (Å²) in [7, 11) is 0. The number of rotatable bonds is 6. The zero-order valence-electron chi connectivity index (χ0n) is 14.3. The van der Waals surface area contributed by atoms with Crippen molar-refractivity contribution in [2.45, 2.75) is 30.9 Å². The van der Waals surface area contributed by atoms with E-state index in [1.165, 1.54) is 16.4 Å². The van der Waals surface area contributed by atoms with Gasteiger partial charge in [0.25, 0.3) is 0 Å². The van der Waals surface area contributed by atoms with E-state index in [1.54, 1.807) is 0 Å². The lowest BCUT2D eigenvalue weighted by atomic mass is 10.2. The third kappa shape index (κ3) is 4.26. The first-order chi connectivity index (χ1) is 12.5. The highest BCUT2D eigenvalue weighted by Crippen LogP contribution is 2.32. The molecule has 0 aliphatic rings. The summed E-state index contributed by atoms with van der Waals surface area (Å²) >= 11 is 13.8. The van der Waals surface area contributed by atoms with Crippen molar-refractivity contribution in [3.63, 3.8) is 0 Å². The van der Waals surface area contributed by atoms with Gasteiger partial charge in [-0.1, -0.05) is 53.2 Å². The number of hydrogen-bond acceptors (Lipinski definition) is 5. The van der Waals surface area contributed by atoms with Gasteiger partial charge < -0.3 is 10.6 Å². The van der Waals surface area contributed by atoms with Gasteiger partial charge in [-0.05, 0) is 43.7 Å². The van der Waals surface area contributed by atoms with Crippen LogP contribution in [0.1, 0.15) is 19.4 Å². The number of halogens is 2. The summed E-state index contributed by atoms with van der Waals surface area (Å²) in [5.41, 5.74) is 1.68. The molecule has 1 aromatic heterocycles. The summed E-state index contributed by atoms with van der Waals surface area (Å²) in [6, 6.07) is 13.0. The van der Waals surface area contributed by atoms with Gasteiger partial charge in [0, 0.05) is 21.4 Å². The van der Waals surface area contributed by atoms with Gasteiger partial charge in [-0.25, -0.2) is 4.68 Å². The van der Waals surface area contributed by atoms with Gasteiger partial charge in [0.15, 0.2) is 5.82 Å². The number of nitrogen functional groups attached to an aromatic ring is 1. The maximum atomic E-state index is 6.21. The van der Waals surface area contributed by atoms with Crippen molar-refractivity contribution in [1.82, 2.24) is 14.9 Å². The standard InChI is InChI=1S/C18H18Cl2N4OS/c1-11(2)25-13-6-3-5-12(9-13)17-22-23-18(24(17)21)26-10-14-15(19)7-4-8-16(14)20/h3-9,11H,10,21H2,1-2H3. The molecule has 0 saturated heterocycles. The van der Waals surface area contributed by atoms with Crippen LogP contribution in [0.3, 0.4) is 0 Å². The molecule has 0 amide bonds. The summed E-state index contributed by atoms with van der Waals surface area (Å²) in [5, 5.41) is 10.2. The minimum absolute atomic E-state index is 0.0903. The van der Waals surface area contributed by atoms with Crippen molar-refractivity contribution < 1.29 is 4.74 Å². The molecule has 5 nitrogen and oxygen atoms in total. The Hall–Kier alpha value is -1.89. The molecule has 2 N–H and O–H groups in total. The highest BCUT2D eigenvalue weighted by Gasteiger charge is 2.15. The summed E-state index contributed by atoms with van der Waals surface area (Å²) < 4.78 is 7.18. The van der Waals surface area contributed by atoms with Crippen molar-refractivity contribution in [1.29, 1.82) is 0 Å². The fraction of sp³-hybridized carbons (Fsp3) is 0.222. The molecule has 0 bridgehead atoms. The second kappa shape index (κ2) is 8.20. The second-order valence-corrected chi connectivity index (χ2v) is 7.62. The Labute approximate surface area is 166 Å². The fourth-order valence-corrected chi connectivity index (χ4v) is 3.96. The maximum Gasteiger partial charge on any atom is 0.210 e. The Balaban J connectivity index is 1.80. The molecule has 0 unspecified atom stereocenters. The molecule has 26 heavy (non-hydrogen) atoms. The number of nitrogens with two attached hydrogens (primary N) is 1. The molecule has 0 saturated carbocycles. The minimum Gasteiger partial charge on any atom is -0.491 e. The minimum atomic E-state index is 0.0903. The monoisotopic (exact) mass is 408 g/mol. The summed E-state index contributed by atoms with van der Waals surface area (Å²) in [6.45, 7) is 3.96. The highest BCUT2D eigenvalue weighted by atomic mass is 35.5. The number of nitrogens with zero attached hydrogens (tertiary/aromatic N) is 3. The molecule has 0 aliphatic carbocycles. The highest BCUT2D eigenvalue weighted by molar-refractivity contribution is 7.98. The van der Waals surface area contributed by atoms with Crippen LogP contribution in [0, 0.1) is 0 Å².